The van der Waals surface area contributed by atoms with E-state index in [-0.39, 0.29) is 11.8 Å². The molecule has 2 fully saturated rings. The SMILES string of the molecule is O=C(Cc1ccccc1Cl)N1CCC(=O)N(CC2CC2)CC1. The van der Waals surface area contributed by atoms with Crippen molar-refractivity contribution in [1.29, 1.82) is 0 Å². The molecule has 1 aromatic rings. The zero-order valence-electron chi connectivity index (χ0n) is 12.6. The summed E-state index contributed by atoms with van der Waals surface area (Å²) < 4.78 is 0. The van der Waals surface area contributed by atoms with Crippen LogP contribution in [-0.2, 0) is 16.0 Å². The highest BCUT2D eigenvalue weighted by Gasteiger charge is 2.29. The average Bonchev–Trinajstić information content (AvgIpc) is 3.32. The quantitative estimate of drug-likeness (QED) is 0.854. The van der Waals surface area contributed by atoms with E-state index >= 15 is 0 Å². The number of hydrogen-bond acceptors (Lipinski definition) is 2. The summed E-state index contributed by atoms with van der Waals surface area (Å²) >= 11 is 6.12. The third kappa shape index (κ3) is 3.80. The predicted molar refractivity (Wildman–Crippen MR) is 85.7 cm³/mol. The standard InChI is InChI=1S/C17H21ClN2O2/c18-15-4-2-1-3-14(15)11-17(22)19-8-7-16(21)20(10-9-19)12-13-5-6-13/h1-4,13H,5-12H2. The normalized spacial score (nSPS) is 19.2. The fourth-order valence-corrected chi connectivity index (χ4v) is 3.04. The molecular weight excluding hydrogens is 300 g/mol. The molecule has 0 N–H and O–H groups in total. The van der Waals surface area contributed by atoms with Crippen LogP contribution < -0.4 is 0 Å². The highest BCUT2D eigenvalue weighted by Crippen LogP contribution is 2.30. The molecule has 22 heavy (non-hydrogen) atoms. The first-order valence-electron chi connectivity index (χ1n) is 7.92. The van der Waals surface area contributed by atoms with E-state index in [1.54, 1.807) is 11.0 Å². The van der Waals surface area contributed by atoms with Gasteiger partial charge < -0.3 is 9.80 Å². The van der Waals surface area contributed by atoms with E-state index in [1.807, 2.05) is 23.1 Å². The Morgan fingerprint density at radius 3 is 2.68 bits per heavy atom. The van der Waals surface area contributed by atoms with Crippen LogP contribution in [0.5, 0.6) is 0 Å². The molecule has 5 heteroatoms. The third-order valence-electron chi connectivity index (χ3n) is 4.42. The molecule has 1 aromatic carbocycles. The summed E-state index contributed by atoms with van der Waals surface area (Å²) in [5.41, 5.74) is 0.847. The molecule has 0 atom stereocenters. The summed E-state index contributed by atoms with van der Waals surface area (Å²) in [7, 11) is 0. The highest BCUT2D eigenvalue weighted by atomic mass is 35.5. The molecule has 1 heterocycles. The van der Waals surface area contributed by atoms with Crippen molar-refractivity contribution in [3.8, 4) is 0 Å². The first kappa shape index (κ1) is 15.3. The van der Waals surface area contributed by atoms with E-state index in [0.717, 1.165) is 12.1 Å². The second-order valence-corrected chi connectivity index (χ2v) is 6.59. The Kier molecular flexibility index (Phi) is 4.67. The lowest BCUT2D eigenvalue weighted by atomic mass is 10.1. The van der Waals surface area contributed by atoms with Gasteiger partial charge in [-0.2, -0.15) is 0 Å². The summed E-state index contributed by atoms with van der Waals surface area (Å²) in [5.74, 6) is 0.920. The largest absolute Gasteiger partial charge is 0.341 e. The fraction of sp³-hybridized carbons (Fsp3) is 0.529. The Labute approximate surface area is 136 Å². The fourth-order valence-electron chi connectivity index (χ4n) is 2.84. The molecule has 0 aromatic heterocycles. The molecular formula is C17H21ClN2O2. The topological polar surface area (TPSA) is 40.6 Å². The van der Waals surface area contributed by atoms with E-state index in [1.165, 1.54) is 12.8 Å². The molecule has 118 valence electrons. The van der Waals surface area contributed by atoms with Crippen molar-refractivity contribution in [2.45, 2.75) is 25.7 Å². The Bertz CT molecular complexity index is 572. The smallest absolute Gasteiger partial charge is 0.227 e. The third-order valence-corrected chi connectivity index (χ3v) is 4.78. The molecule has 0 bridgehead atoms. The average molecular weight is 321 g/mol. The van der Waals surface area contributed by atoms with Crippen LogP contribution in [0.4, 0.5) is 0 Å². The van der Waals surface area contributed by atoms with Crippen LogP contribution in [0.2, 0.25) is 5.02 Å². The van der Waals surface area contributed by atoms with E-state index in [0.29, 0.717) is 43.4 Å². The minimum atomic E-state index is 0.0502. The van der Waals surface area contributed by atoms with Gasteiger partial charge in [0.15, 0.2) is 0 Å². The summed E-state index contributed by atoms with van der Waals surface area (Å²) in [6.07, 6.45) is 3.20. The number of rotatable bonds is 4. The van der Waals surface area contributed by atoms with Crippen molar-refractivity contribution in [2.75, 3.05) is 26.2 Å². The second-order valence-electron chi connectivity index (χ2n) is 6.18. The monoisotopic (exact) mass is 320 g/mol. The van der Waals surface area contributed by atoms with Gasteiger partial charge in [0.2, 0.25) is 11.8 Å². The van der Waals surface area contributed by atoms with E-state index in [2.05, 4.69) is 0 Å². The molecule has 0 spiro atoms. The van der Waals surface area contributed by atoms with Gasteiger partial charge in [-0.25, -0.2) is 0 Å². The van der Waals surface area contributed by atoms with Gasteiger partial charge in [-0.1, -0.05) is 29.8 Å². The second kappa shape index (κ2) is 6.69. The number of hydrogen-bond donors (Lipinski definition) is 0. The van der Waals surface area contributed by atoms with Gasteiger partial charge in [-0.15, -0.1) is 0 Å². The minimum Gasteiger partial charge on any atom is -0.341 e. The van der Waals surface area contributed by atoms with E-state index < -0.39 is 0 Å². The lowest BCUT2D eigenvalue weighted by Crippen LogP contribution is -2.37. The zero-order valence-corrected chi connectivity index (χ0v) is 13.4. The van der Waals surface area contributed by atoms with Crippen LogP contribution in [0.15, 0.2) is 24.3 Å². The molecule has 0 radical (unpaired) electrons. The molecule has 1 saturated carbocycles. The van der Waals surface area contributed by atoms with E-state index in [4.69, 9.17) is 11.6 Å². The first-order chi connectivity index (χ1) is 10.6. The molecule has 4 nitrogen and oxygen atoms in total. The Morgan fingerprint density at radius 1 is 1.18 bits per heavy atom. The molecule has 1 saturated heterocycles. The molecule has 0 unspecified atom stereocenters. The number of halogens is 1. The van der Waals surface area contributed by atoms with Gasteiger partial charge >= 0.3 is 0 Å². The van der Waals surface area contributed by atoms with Crippen LogP contribution >= 0.6 is 11.6 Å². The van der Waals surface area contributed by atoms with Gasteiger partial charge in [-0.3, -0.25) is 9.59 Å². The number of benzene rings is 1. The van der Waals surface area contributed by atoms with Crippen LogP contribution in [0.25, 0.3) is 0 Å². The van der Waals surface area contributed by atoms with Gasteiger partial charge in [0.05, 0.1) is 6.42 Å². The highest BCUT2D eigenvalue weighted by molar-refractivity contribution is 6.31. The van der Waals surface area contributed by atoms with Crippen LogP contribution in [0, 0.1) is 5.92 Å². The van der Waals surface area contributed by atoms with Crippen molar-refractivity contribution < 1.29 is 9.59 Å². The van der Waals surface area contributed by atoms with Gasteiger partial charge in [0.1, 0.15) is 0 Å². The number of nitrogens with zero attached hydrogens (tertiary/aromatic N) is 2. The van der Waals surface area contributed by atoms with Gasteiger partial charge in [0, 0.05) is 37.6 Å². The molecule has 1 aliphatic carbocycles. The Balaban J connectivity index is 1.58. The van der Waals surface area contributed by atoms with E-state index in [9.17, 15) is 9.59 Å². The van der Waals surface area contributed by atoms with Crippen LogP contribution in [0.3, 0.4) is 0 Å². The van der Waals surface area contributed by atoms with Crippen molar-refractivity contribution >= 4 is 23.4 Å². The maximum atomic E-state index is 12.5. The predicted octanol–water partition coefficient (Wildman–Crippen LogP) is 2.35. The van der Waals surface area contributed by atoms with Crippen molar-refractivity contribution in [3.63, 3.8) is 0 Å². The maximum absolute atomic E-state index is 12.5. The van der Waals surface area contributed by atoms with Crippen molar-refractivity contribution in [1.82, 2.24) is 9.80 Å². The lowest BCUT2D eigenvalue weighted by Gasteiger charge is -2.22. The summed E-state index contributed by atoms with van der Waals surface area (Å²) in [6.45, 7) is 2.67. The maximum Gasteiger partial charge on any atom is 0.227 e. The van der Waals surface area contributed by atoms with Crippen LogP contribution in [0.1, 0.15) is 24.8 Å². The molecule has 2 amide bonds. The Hall–Kier alpha value is -1.55. The number of carbonyl (C=O) groups is 2. The minimum absolute atomic E-state index is 0.0502. The molecule has 1 aliphatic heterocycles. The summed E-state index contributed by atoms with van der Waals surface area (Å²) in [4.78, 5) is 28.3. The number of amides is 2. The first-order valence-corrected chi connectivity index (χ1v) is 8.30. The van der Waals surface area contributed by atoms with Gasteiger partial charge in [0.25, 0.3) is 0 Å². The molecule has 3 rings (SSSR count). The van der Waals surface area contributed by atoms with Crippen molar-refractivity contribution in [3.05, 3.63) is 34.9 Å². The van der Waals surface area contributed by atoms with Crippen molar-refractivity contribution in [2.24, 2.45) is 5.92 Å². The summed E-state index contributed by atoms with van der Waals surface area (Å²) in [5, 5.41) is 0.622. The molecule has 2 aliphatic rings. The van der Waals surface area contributed by atoms with Gasteiger partial charge in [-0.05, 0) is 30.4 Å². The lowest BCUT2D eigenvalue weighted by molar-refractivity contribution is -0.130. The Morgan fingerprint density at radius 2 is 1.95 bits per heavy atom. The zero-order chi connectivity index (χ0) is 15.5. The summed E-state index contributed by atoms with van der Waals surface area (Å²) in [6, 6.07) is 7.42. The van der Waals surface area contributed by atoms with Crippen LogP contribution in [-0.4, -0.2) is 47.8 Å². The number of carbonyl (C=O) groups excluding carboxylic acids is 2.